The number of alkyl halides is 1. The summed E-state index contributed by atoms with van der Waals surface area (Å²) in [6, 6.07) is 0. The van der Waals surface area contributed by atoms with Crippen LogP contribution in [-0.4, -0.2) is 30.4 Å². The molecule has 0 amide bonds. The van der Waals surface area contributed by atoms with Gasteiger partial charge in [0.1, 0.15) is 0 Å². The molecule has 0 atom stereocenters. The molecule has 2 heteroatoms. The van der Waals surface area contributed by atoms with Crippen LogP contribution in [0.5, 0.6) is 0 Å². The molecule has 2 aliphatic carbocycles. The summed E-state index contributed by atoms with van der Waals surface area (Å²) in [5.41, 5.74) is 0. The first-order chi connectivity index (χ1) is 6.74. The Morgan fingerprint density at radius 1 is 1.07 bits per heavy atom. The van der Waals surface area contributed by atoms with Crippen molar-refractivity contribution in [2.24, 2.45) is 11.8 Å². The van der Waals surface area contributed by atoms with Gasteiger partial charge in [-0.2, -0.15) is 0 Å². The maximum atomic E-state index is 5.98. The SMILES string of the molecule is CN(CC1CCCC1)CC1CC(Cl)C1. The molecule has 2 rings (SSSR count). The van der Waals surface area contributed by atoms with Gasteiger partial charge >= 0.3 is 0 Å². The summed E-state index contributed by atoms with van der Waals surface area (Å²) >= 11 is 5.98. The Morgan fingerprint density at radius 3 is 2.21 bits per heavy atom. The molecule has 2 aliphatic rings. The van der Waals surface area contributed by atoms with Gasteiger partial charge in [-0.05, 0) is 44.6 Å². The van der Waals surface area contributed by atoms with Crippen LogP contribution in [0.1, 0.15) is 38.5 Å². The van der Waals surface area contributed by atoms with E-state index in [0.29, 0.717) is 5.38 Å². The van der Waals surface area contributed by atoms with Crippen molar-refractivity contribution in [3.63, 3.8) is 0 Å². The smallest absolute Gasteiger partial charge is 0.0342 e. The van der Waals surface area contributed by atoms with Crippen molar-refractivity contribution in [2.45, 2.75) is 43.9 Å². The van der Waals surface area contributed by atoms with Crippen molar-refractivity contribution >= 4 is 11.6 Å². The quantitative estimate of drug-likeness (QED) is 0.652. The third-order valence-corrected chi connectivity index (χ3v) is 4.15. The molecule has 0 radical (unpaired) electrons. The Morgan fingerprint density at radius 2 is 1.64 bits per heavy atom. The zero-order valence-corrected chi connectivity index (χ0v) is 9.97. The molecule has 0 spiro atoms. The van der Waals surface area contributed by atoms with E-state index in [-0.39, 0.29) is 0 Å². The molecule has 0 aromatic carbocycles. The van der Waals surface area contributed by atoms with Crippen molar-refractivity contribution in [1.82, 2.24) is 4.90 Å². The van der Waals surface area contributed by atoms with Crippen LogP contribution in [0.4, 0.5) is 0 Å². The Labute approximate surface area is 92.8 Å². The van der Waals surface area contributed by atoms with Gasteiger partial charge in [0.25, 0.3) is 0 Å². The van der Waals surface area contributed by atoms with E-state index >= 15 is 0 Å². The van der Waals surface area contributed by atoms with Crippen LogP contribution < -0.4 is 0 Å². The zero-order chi connectivity index (χ0) is 9.97. The predicted molar refractivity (Wildman–Crippen MR) is 61.8 cm³/mol. The Hall–Kier alpha value is 0.250. The lowest BCUT2D eigenvalue weighted by molar-refractivity contribution is 0.189. The molecule has 82 valence electrons. The molecule has 1 nitrogen and oxygen atoms in total. The molecular formula is C12H22ClN. The van der Waals surface area contributed by atoms with E-state index in [2.05, 4.69) is 11.9 Å². The highest BCUT2D eigenvalue weighted by Gasteiger charge is 2.28. The van der Waals surface area contributed by atoms with Gasteiger partial charge in [-0.25, -0.2) is 0 Å². The largest absolute Gasteiger partial charge is 0.306 e. The Bertz CT molecular complexity index is 171. The molecule has 0 aromatic heterocycles. The molecule has 2 saturated carbocycles. The van der Waals surface area contributed by atoms with Gasteiger partial charge in [-0.15, -0.1) is 11.6 Å². The number of hydrogen-bond acceptors (Lipinski definition) is 1. The lowest BCUT2D eigenvalue weighted by Crippen LogP contribution is -2.36. The molecule has 0 N–H and O–H groups in total. The monoisotopic (exact) mass is 215 g/mol. The Balaban J connectivity index is 1.60. The van der Waals surface area contributed by atoms with Crippen molar-refractivity contribution < 1.29 is 0 Å². The third kappa shape index (κ3) is 2.87. The van der Waals surface area contributed by atoms with Crippen LogP contribution in [0, 0.1) is 11.8 Å². The number of nitrogens with zero attached hydrogens (tertiary/aromatic N) is 1. The molecule has 2 fully saturated rings. The van der Waals surface area contributed by atoms with E-state index in [1.807, 2.05) is 0 Å². The normalized spacial score (nSPS) is 33.6. The van der Waals surface area contributed by atoms with E-state index in [4.69, 9.17) is 11.6 Å². The predicted octanol–water partition coefficient (Wildman–Crippen LogP) is 3.13. The van der Waals surface area contributed by atoms with Gasteiger partial charge in [0.05, 0.1) is 0 Å². The second-order valence-electron chi connectivity index (χ2n) is 5.31. The molecule has 0 aromatic rings. The van der Waals surface area contributed by atoms with Crippen molar-refractivity contribution in [3.05, 3.63) is 0 Å². The topological polar surface area (TPSA) is 3.24 Å². The molecule has 14 heavy (non-hydrogen) atoms. The van der Waals surface area contributed by atoms with E-state index in [0.717, 1.165) is 11.8 Å². The molecule has 0 unspecified atom stereocenters. The van der Waals surface area contributed by atoms with Gasteiger partial charge in [0.15, 0.2) is 0 Å². The summed E-state index contributed by atoms with van der Waals surface area (Å²) in [7, 11) is 2.28. The third-order valence-electron chi connectivity index (χ3n) is 3.79. The van der Waals surface area contributed by atoms with Crippen LogP contribution in [0.3, 0.4) is 0 Å². The second kappa shape index (κ2) is 4.85. The number of halogens is 1. The number of rotatable bonds is 4. The first kappa shape index (κ1) is 10.8. The summed E-state index contributed by atoms with van der Waals surface area (Å²) in [5.74, 6) is 1.88. The van der Waals surface area contributed by atoms with E-state index in [9.17, 15) is 0 Å². The van der Waals surface area contributed by atoms with E-state index in [1.165, 1.54) is 51.6 Å². The fraction of sp³-hybridized carbons (Fsp3) is 1.00. The summed E-state index contributed by atoms with van der Waals surface area (Å²) in [6.45, 7) is 2.60. The van der Waals surface area contributed by atoms with Crippen LogP contribution in [-0.2, 0) is 0 Å². The number of hydrogen-bond donors (Lipinski definition) is 0. The maximum Gasteiger partial charge on any atom is 0.0342 e. The minimum Gasteiger partial charge on any atom is -0.306 e. The molecular weight excluding hydrogens is 194 g/mol. The lowest BCUT2D eigenvalue weighted by atomic mass is 9.84. The minimum absolute atomic E-state index is 0.486. The summed E-state index contributed by atoms with van der Waals surface area (Å²) in [4.78, 5) is 2.53. The second-order valence-corrected chi connectivity index (χ2v) is 5.92. The van der Waals surface area contributed by atoms with E-state index in [1.54, 1.807) is 0 Å². The highest BCUT2D eigenvalue weighted by atomic mass is 35.5. The standard InChI is InChI=1S/C12H22ClN/c1-14(8-10-4-2-3-5-10)9-11-6-12(13)7-11/h10-12H,2-9H2,1H3. The van der Waals surface area contributed by atoms with Crippen LogP contribution in [0.2, 0.25) is 0 Å². The first-order valence-corrected chi connectivity index (χ1v) is 6.50. The minimum atomic E-state index is 0.486. The van der Waals surface area contributed by atoms with Gasteiger partial charge in [-0.1, -0.05) is 12.8 Å². The average molecular weight is 216 g/mol. The highest BCUT2D eigenvalue weighted by molar-refractivity contribution is 6.21. The maximum absolute atomic E-state index is 5.98. The molecule has 0 saturated heterocycles. The van der Waals surface area contributed by atoms with Crippen LogP contribution >= 0.6 is 11.6 Å². The zero-order valence-electron chi connectivity index (χ0n) is 9.21. The highest BCUT2D eigenvalue weighted by Crippen LogP contribution is 2.33. The van der Waals surface area contributed by atoms with Crippen molar-refractivity contribution in [2.75, 3.05) is 20.1 Å². The molecule has 0 aliphatic heterocycles. The van der Waals surface area contributed by atoms with Crippen LogP contribution in [0.15, 0.2) is 0 Å². The van der Waals surface area contributed by atoms with Gasteiger partial charge in [0.2, 0.25) is 0 Å². The average Bonchev–Trinajstić information content (AvgIpc) is 2.54. The van der Waals surface area contributed by atoms with Crippen molar-refractivity contribution in [1.29, 1.82) is 0 Å². The lowest BCUT2D eigenvalue weighted by Gasteiger charge is -2.34. The summed E-state index contributed by atoms with van der Waals surface area (Å²) < 4.78 is 0. The van der Waals surface area contributed by atoms with Gasteiger partial charge in [0, 0.05) is 18.5 Å². The van der Waals surface area contributed by atoms with Crippen molar-refractivity contribution in [3.8, 4) is 0 Å². The Kier molecular flexibility index (Phi) is 3.73. The van der Waals surface area contributed by atoms with Gasteiger partial charge in [-0.3, -0.25) is 0 Å². The molecule has 0 bridgehead atoms. The fourth-order valence-electron chi connectivity index (χ4n) is 2.95. The summed E-state index contributed by atoms with van der Waals surface area (Å²) in [6.07, 6.45) is 8.35. The van der Waals surface area contributed by atoms with Crippen LogP contribution in [0.25, 0.3) is 0 Å². The molecule has 0 heterocycles. The fourth-order valence-corrected chi connectivity index (χ4v) is 3.46. The summed E-state index contributed by atoms with van der Waals surface area (Å²) in [5, 5.41) is 0.486. The first-order valence-electron chi connectivity index (χ1n) is 6.06. The van der Waals surface area contributed by atoms with Gasteiger partial charge < -0.3 is 4.90 Å². The van der Waals surface area contributed by atoms with E-state index < -0.39 is 0 Å².